The minimum absolute atomic E-state index is 0.160. The highest BCUT2D eigenvalue weighted by Crippen LogP contribution is 2.36. The van der Waals surface area contributed by atoms with E-state index in [-0.39, 0.29) is 18.3 Å². The molecule has 0 atom stereocenters. The lowest BCUT2D eigenvalue weighted by atomic mass is 10.0. The zero-order valence-electron chi connectivity index (χ0n) is 16.6. The third kappa shape index (κ3) is 4.37. The Morgan fingerprint density at radius 3 is 2.64 bits per heavy atom. The van der Waals surface area contributed by atoms with Gasteiger partial charge in [0.05, 0.1) is 18.8 Å². The average Bonchev–Trinajstić information content (AvgIpc) is 3.13. The van der Waals surface area contributed by atoms with Crippen molar-refractivity contribution in [3.63, 3.8) is 0 Å². The fraction of sp³-hybridized carbons (Fsp3) is 0.348. The third-order valence-corrected chi connectivity index (χ3v) is 4.55. The van der Waals surface area contributed by atoms with E-state index in [0.717, 1.165) is 35.1 Å². The van der Waals surface area contributed by atoms with Crippen LogP contribution in [0.3, 0.4) is 0 Å². The fourth-order valence-corrected chi connectivity index (χ4v) is 2.94. The van der Waals surface area contributed by atoms with Crippen LogP contribution in [-0.2, 0) is 0 Å². The number of benzene rings is 2. The lowest BCUT2D eigenvalue weighted by Crippen LogP contribution is -2.46. The van der Waals surface area contributed by atoms with Gasteiger partial charge in [0.1, 0.15) is 11.3 Å². The Labute approximate surface area is 165 Å². The van der Waals surface area contributed by atoms with Gasteiger partial charge in [-0.05, 0) is 32.4 Å². The molecule has 0 aliphatic heterocycles. The first-order valence-corrected chi connectivity index (χ1v) is 9.63. The zero-order valence-corrected chi connectivity index (χ0v) is 16.6. The number of hydrogen-bond donors (Lipinski definition) is 2. The zero-order chi connectivity index (χ0) is 20.1. The van der Waals surface area contributed by atoms with Crippen molar-refractivity contribution in [2.45, 2.75) is 39.2 Å². The van der Waals surface area contributed by atoms with E-state index in [9.17, 15) is 9.90 Å². The lowest BCUT2D eigenvalue weighted by Gasteiger charge is -2.22. The van der Waals surface area contributed by atoms with Crippen LogP contribution in [0.5, 0.6) is 5.75 Å². The summed E-state index contributed by atoms with van der Waals surface area (Å²) in [6, 6.07) is 15.4. The molecular formula is C23H27NO4. The van der Waals surface area contributed by atoms with E-state index in [1.165, 1.54) is 0 Å². The third-order valence-electron chi connectivity index (χ3n) is 4.55. The molecule has 0 unspecified atom stereocenters. The van der Waals surface area contributed by atoms with Crippen molar-refractivity contribution in [2.75, 3.05) is 13.2 Å². The number of rotatable bonds is 8. The fourth-order valence-electron chi connectivity index (χ4n) is 2.94. The standard InChI is InChI=1S/C23H27NO4/c1-4-5-13-27-19-12-7-6-10-17(19)18-11-8-9-16-14-20(28-21(16)18)22(26)24-23(2,3)15-25/h6-12,14,25H,4-5,13,15H2,1-3H3,(H,24,26). The summed E-state index contributed by atoms with van der Waals surface area (Å²) in [6.45, 7) is 6.13. The second kappa shape index (κ2) is 8.48. The highest BCUT2D eigenvalue weighted by molar-refractivity contribution is 6.00. The van der Waals surface area contributed by atoms with Crippen LogP contribution in [0.1, 0.15) is 44.2 Å². The average molecular weight is 381 g/mol. The van der Waals surface area contributed by atoms with Gasteiger partial charge in [-0.1, -0.05) is 49.7 Å². The Morgan fingerprint density at radius 1 is 1.14 bits per heavy atom. The molecule has 1 amide bonds. The first-order valence-electron chi connectivity index (χ1n) is 9.63. The first-order chi connectivity index (χ1) is 13.4. The molecule has 3 aromatic rings. The van der Waals surface area contributed by atoms with Crippen molar-refractivity contribution < 1.29 is 19.1 Å². The summed E-state index contributed by atoms with van der Waals surface area (Å²) in [7, 11) is 0. The number of carbonyl (C=O) groups is 1. The van der Waals surface area contributed by atoms with Crippen molar-refractivity contribution in [1.29, 1.82) is 0 Å². The van der Waals surface area contributed by atoms with Gasteiger partial charge in [0.25, 0.3) is 5.91 Å². The molecule has 0 radical (unpaired) electrons. The summed E-state index contributed by atoms with van der Waals surface area (Å²) < 4.78 is 11.9. The first kappa shape index (κ1) is 20.0. The predicted molar refractivity (Wildman–Crippen MR) is 111 cm³/mol. The molecule has 5 nitrogen and oxygen atoms in total. The van der Waals surface area contributed by atoms with Crippen LogP contribution in [-0.4, -0.2) is 29.8 Å². The maximum Gasteiger partial charge on any atom is 0.287 e. The molecule has 0 saturated carbocycles. The van der Waals surface area contributed by atoms with Crippen LogP contribution in [0.2, 0.25) is 0 Å². The monoisotopic (exact) mass is 381 g/mol. The summed E-state index contributed by atoms with van der Waals surface area (Å²) in [5.41, 5.74) is 1.73. The molecule has 148 valence electrons. The topological polar surface area (TPSA) is 71.7 Å². The minimum Gasteiger partial charge on any atom is -0.493 e. The molecule has 3 rings (SSSR count). The van der Waals surface area contributed by atoms with Crippen molar-refractivity contribution in [3.8, 4) is 16.9 Å². The van der Waals surface area contributed by atoms with Crippen molar-refractivity contribution in [3.05, 3.63) is 54.3 Å². The second-order valence-electron chi connectivity index (χ2n) is 7.53. The lowest BCUT2D eigenvalue weighted by molar-refractivity contribution is 0.0843. The molecule has 0 saturated heterocycles. The number of hydrogen-bond acceptors (Lipinski definition) is 4. The Hall–Kier alpha value is -2.79. The summed E-state index contributed by atoms with van der Waals surface area (Å²) >= 11 is 0. The summed E-state index contributed by atoms with van der Waals surface area (Å²) in [6.07, 6.45) is 2.06. The van der Waals surface area contributed by atoms with Crippen molar-refractivity contribution in [1.82, 2.24) is 5.32 Å². The maximum absolute atomic E-state index is 12.5. The van der Waals surface area contributed by atoms with E-state index in [2.05, 4.69) is 12.2 Å². The van der Waals surface area contributed by atoms with Crippen LogP contribution in [0.25, 0.3) is 22.1 Å². The van der Waals surface area contributed by atoms with Gasteiger partial charge in [-0.15, -0.1) is 0 Å². The molecule has 28 heavy (non-hydrogen) atoms. The number of aliphatic hydroxyl groups is 1. The van der Waals surface area contributed by atoms with Gasteiger partial charge in [-0.3, -0.25) is 4.79 Å². The smallest absolute Gasteiger partial charge is 0.287 e. The van der Waals surface area contributed by atoms with E-state index in [0.29, 0.717) is 12.2 Å². The van der Waals surface area contributed by atoms with Crippen LogP contribution in [0.4, 0.5) is 0 Å². The van der Waals surface area contributed by atoms with Gasteiger partial charge in [-0.25, -0.2) is 0 Å². The Balaban J connectivity index is 1.98. The van der Waals surface area contributed by atoms with Gasteiger partial charge in [0.2, 0.25) is 0 Å². The number of unbranched alkanes of at least 4 members (excludes halogenated alkanes) is 1. The molecule has 0 fully saturated rings. The Kier molecular flexibility index (Phi) is 6.05. The van der Waals surface area contributed by atoms with E-state index in [4.69, 9.17) is 9.15 Å². The molecular weight excluding hydrogens is 354 g/mol. The highest BCUT2D eigenvalue weighted by atomic mass is 16.5. The van der Waals surface area contributed by atoms with E-state index < -0.39 is 5.54 Å². The molecule has 0 spiro atoms. The predicted octanol–water partition coefficient (Wildman–Crippen LogP) is 4.78. The van der Waals surface area contributed by atoms with Crippen LogP contribution >= 0.6 is 0 Å². The molecule has 0 aliphatic rings. The van der Waals surface area contributed by atoms with Gasteiger partial charge in [-0.2, -0.15) is 0 Å². The van der Waals surface area contributed by atoms with Gasteiger partial charge < -0.3 is 19.6 Å². The van der Waals surface area contributed by atoms with Crippen molar-refractivity contribution in [2.24, 2.45) is 0 Å². The molecule has 2 aromatic carbocycles. The number of aliphatic hydroxyl groups excluding tert-OH is 1. The molecule has 1 aromatic heterocycles. The molecule has 0 aliphatic carbocycles. The quantitative estimate of drug-likeness (QED) is 0.551. The number of furan rings is 1. The van der Waals surface area contributed by atoms with Crippen LogP contribution in [0.15, 0.2) is 52.9 Å². The second-order valence-corrected chi connectivity index (χ2v) is 7.53. The number of carbonyl (C=O) groups excluding carboxylic acids is 1. The van der Waals surface area contributed by atoms with E-state index in [1.807, 2.05) is 42.5 Å². The molecule has 0 bridgehead atoms. The number of nitrogens with one attached hydrogen (secondary N) is 1. The number of ether oxygens (including phenoxy) is 1. The summed E-state index contributed by atoms with van der Waals surface area (Å²) in [5.74, 6) is 0.661. The van der Waals surface area contributed by atoms with E-state index >= 15 is 0 Å². The van der Waals surface area contributed by atoms with Crippen LogP contribution < -0.4 is 10.1 Å². The van der Waals surface area contributed by atoms with Crippen LogP contribution in [0, 0.1) is 0 Å². The molecule has 1 heterocycles. The van der Waals surface area contributed by atoms with Gasteiger partial charge in [0, 0.05) is 16.5 Å². The number of para-hydroxylation sites is 2. The Bertz CT molecular complexity index is 958. The minimum atomic E-state index is -0.724. The largest absolute Gasteiger partial charge is 0.493 e. The SMILES string of the molecule is CCCCOc1ccccc1-c1cccc2cc(C(=O)NC(C)(C)CO)oc12. The van der Waals surface area contributed by atoms with Crippen molar-refractivity contribution >= 4 is 16.9 Å². The summed E-state index contributed by atoms with van der Waals surface area (Å²) in [4.78, 5) is 12.5. The van der Waals surface area contributed by atoms with Gasteiger partial charge >= 0.3 is 0 Å². The Morgan fingerprint density at radius 2 is 1.89 bits per heavy atom. The van der Waals surface area contributed by atoms with E-state index in [1.54, 1.807) is 19.9 Å². The number of amides is 1. The molecule has 5 heteroatoms. The van der Waals surface area contributed by atoms with Gasteiger partial charge in [0.15, 0.2) is 5.76 Å². The highest BCUT2D eigenvalue weighted by Gasteiger charge is 2.23. The maximum atomic E-state index is 12.5. The normalized spacial score (nSPS) is 11.6. The summed E-state index contributed by atoms with van der Waals surface area (Å²) in [5, 5.41) is 13.0. The molecule has 2 N–H and O–H groups in total. The number of fused-ring (bicyclic) bond motifs is 1.